The standard InChI is InChI=1S/C27H28N4O/c1-3-17-31(19-26(32)29-23-15-9-7-11-20(23)2)18-25-28-24-16-10-8-14-22(24)27(30-25)21-12-5-4-6-13-21/h4-16H,3,17-19H2,1-2H3,(H,29,32). The molecule has 0 aliphatic heterocycles. The molecular weight excluding hydrogens is 396 g/mol. The van der Waals surface area contributed by atoms with Crippen LogP contribution in [0.15, 0.2) is 78.9 Å². The van der Waals surface area contributed by atoms with Gasteiger partial charge in [0.15, 0.2) is 0 Å². The van der Waals surface area contributed by atoms with Crippen molar-refractivity contribution in [1.29, 1.82) is 0 Å². The fourth-order valence-electron chi connectivity index (χ4n) is 3.85. The van der Waals surface area contributed by atoms with E-state index in [1.807, 2.05) is 67.6 Å². The average molecular weight is 425 g/mol. The predicted molar refractivity (Wildman–Crippen MR) is 130 cm³/mol. The third-order valence-electron chi connectivity index (χ3n) is 5.39. The molecule has 0 aliphatic carbocycles. The third-order valence-corrected chi connectivity index (χ3v) is 5.39. The molecular formula is C27H28N4O. The van der Waals surface area contributed by atoms with Crippen LogP contribution in [0.5, 0.6) is 0 Å². The van der Waals surface area contributed by atoms with E-state index in [0.29, 0.717) is 13.1 Å². The zero-order valence-corrected chi connectivity index (χ0v) is 18.6. The lowest BCUT2D eigenvalue weighted by Gasteiger charge is -2.21. The van der Waals surface area contributed by atoms with Crippen LogP contribution in [0.4, 0.5) is 5.69 Å². The number of nitrogens with zero attached hydrogens (tertiary/aromatic N) is 3. The number of carbonyl (C=O) groups is 1. The van der Waals surface area contributed by atoms with Gasteiger partial charge in [0.25, 0.3) is 0 Å². The zero-order valence-electron chi connectivity index (χ0n) is 18.6. The molecule has 0 bridgehead atoms. The molecule has 0 radical (unpaired) electrons. The van der Waals surface area contributed by atoms with Gasteiger partial charge in [0.2, 0.25) is 5.91 Å². The van der Waals surface area contributed by atoms with E-state index < -0.39 is 0 Å². The van der Waals surface area contributed by atoms with Crippen LogP contribution >= 0.6 is 0 Å². The number of anilines is 1. The van der Waals surface area contributed by atoms with Crippen LogP contribution in [-0.2, 0) is 11.3 Å². The minimum Gasteiger partial charge on any atom is -0.325 e. The molecule has 0 unspecified atom stereocenters. The lowest BCUT2D eigenvalue weighted by atomic mass is 10.1. The van der Waals surface area contributed by atoms with E-state index in [1.54, 1.807) is 0 Å². The largest absolute Gasteiger partial charge is 0.325 e. The Morgan fingerprint density at radius 1 is 0.906 bits per heavy atom. The highest BCUT2D eigenvalue weighted by molar-refractivity contribution is 5.93. The molecule has 0 saturated carbocycles. The Balaban J connectivity index is 1.58. The maximum absolute atomic E-state index is 12.7. The van der Waals surface area contributed by atoms with Crippen molar-refractivity contribution in [2.75, 3.05) is 18.4 Å². The first-order valence-electron chi connectivity index (χ1n) is 11.0. The van der Waals surface area contributed by atoms with Crippen molar-refractivity contribution in [2.24, 2.45) is 0 Å². The van der Waals surface area contributed by atoms with Crippen molar-refractivity contribution in [3.63, 3.8) is 0 Å². The molecule has 162 valence electrons. The fourth-order valence-corrected chi connectivity index (χ4v) is 3.85. The highest BCUT2D eigenvalue weighted by Crippen LogP contribution is 2.26. The monoisotopic (exact) mass is 424 g/mol. The summed E-state index contributed by atoms with van der Waals surface area (Å²) in [4.78, 5) is 24.6. The molecule has 5 nitrogen and oxygen atoms in total. The summed E-state index contributed by atoms with van der Waals surface area (Å²) in [5.74, 6) is 0.691. The Kier molecular flexibility index (Phi) is 6.87. The van der Waals surface area contributed by atoms with Gasteiger partial charge in [-0.15, -0.1) is 0 Å². The smallest absolute Gasteiger partial charge is 0.238 e. The highest BCUT2D eigenvalue weighted by atomic mass is 16.2. The van der Waals surface area contributed by atoms with Gasteiger partial charge in [-0.2, -0.15) is 0 Å². The van der Waals surface area contributed by atoms with E-state index in [-0.39, 0.29) is 5.91 Å². The van der Waals surface area contributed by atoms with Crippen LogP contribution in [-0.4, -0.2) is 33.9 Å². The second-order valence-electron chi connectivity index (χ2n) is 7.95. The second kappa shape index (κ2) is 10.2. The Labute approximate surface area is 189 Å². The average Bonchev–Trinajstić information content (AvgIpc) is 2.81. The molecule has 1 amide bonds. The number of hydrogen-bond donors (Lipinski definition) is 1. The number of benzene rings is 3. The summed E-state index contributed by atoms with van der Waals surface area (Å²) in [6, 6.07) is 26.1. The lowest BCUT2D eigenvalue weighted by Crippen LogP contribution is -2.34. The summed E-state index contributed by atoms with van der Waals surface area (Å²) in [5, 5.41) is 4.06. The van der Waals surface area contributed by atoms with Gasteiger partial charge in [-0.3, -0.25) is 9.69 Å². The summed E-state index contributed by atoms with van der Waals surface area (Å²) in [6.45, 7) is 5.70. The molecule has 0 atom stereocenters. The zero-order chi connectivity index (χ0) is 22.3. The maximum Gasteiger partial charge on any atom is 0.238 e. The van der Waals surface area contributed by atoms with Gasteiger partial charge >= 0.3 is 0 Å². The SMILES string of the molecule is CCCN(CC(=O)Nc1ccccc1C)Cc1nc(-c2ccccc2)c2ccccc2n1. The number of para-hydroxylation sites is 2. The number of carbonyl (C=O) groups excluding carboxylic acids is 1. The van der Waals surface area contributed by atoms with Crippen LogP contribution in [0.3, 0.4) is 0 Å². The second-order valence-corrected chi connectivity index (χ2v) is 7.95. The van der Waals surface area contributed by atoms with Gasteiger partial charge in [-0.1, -0.05) is 73.7 Å². The summed E-state index contributed by atoms with van der Waals surface area (Å²) >= 11 is 0. The third kappa shape index (κ3) is 5.18. The highest BCUT2D eigenvalue weighted by Gasteiger charge is 2.15. The number of amides is 1. The summed E-state index contributed by atoms with van der Waals surface area (Å²) < 4.78 is 0. The molecule has 3 aromatic carbocycles. The van der Waals surface area contributed by atoms with E-state index in [9.17, 15) is 4.79 Å². The maximum atomic E-state index is 12.7. The lowest BCUT2D eigenvalue weighted by molar-refractivity contribution is -0.117. The molecule has 0 aliphatic rings. The minimum absolute atomic E-state index is 0.0307. The van der Waals surface area contributed by atoms with Crippen molar-refractivity contribution < 1.29 is 4.79 Å². The van der Waals surface area contributed by atoms with Crippen LogP contribution in [0.1, 0.15) is 24.7 Å². The van der Waals surface area contributed by atoms with Crippen molar-refractivity contribution >= 4 is 22.5 Å². The van der Waals surface area contributed by atoms with Crippen molar-refractivity contribution in [3.05, 3.63) is 90.3 Å². The molecule has 4 rings (SSSR count). The first-order chi connectivity index (χ1) is 15.6. The molecule has 0 saturated heterocycles. The first-order valence-corrected chi connectivity index (χ1v) is 11.0. The number of aryl methyl sites for hydroxylation is 1. The van der Waals surface area contributed by atoms with Crippen LogP contribution in [0, 0.1) is 6.92 Å². The normalized spacial score (nSPS) is 11.1. The van der Waals surface area contributed by atoms with Gasteiger partial charge < -0.3 is 5.32 Å². The van der Waals surface area contributed by atoms with Gasteiger partial charge in [0, 0.05) is 16.6 Å². The van der Waals surface area contributed by atoms with Crippen LogP contribution < -0.4 is 5.32 Å². The Bertz CT molecular complexity index is 1210. The van der Waals surface area contributed by atoms with Crippen LogP contribution in [0.2, 0.25) is 0 Å². The molecule has 4 aromatic rings. The van der Waals surface area contributed by atoms with E-state index in [2.05, 4.69) is 35.3 Å². The number of hydrogen-bond acceptors (Lipinski definition) is 4. The molecule has 1 heterocycles. The number of rotatable bonds is 8. The quantitative estimate of drug-likeness (QED) is 0.408. The molecule has 5 heteroatoms. The number of fused-ring (bicyclic) bond motifs is 1. The number of aromatic nitrogens is 2. The van der Waals surface area contributed by atoms with Gasteiger partial charge in [-0.05, 0) is 37.6 Å². The van der Waals surface area contributed by atoms with Gasteiger partial charge in [-0.25, -0.2) is 9.97 Å². The Morgan fingerprint density at radius 3 is 2.41 bits per heavy atom. The molecule has 32 heavy (non-hydrogen) atoms. The molecule has 0 fully saturated rings. The molecule has 0 spiro atoms. The molecule has 1 N–H and O–H groups in total. The molecule has 1 aromatic heterocycles. The van der Waals surface area contributed by atoms with E-state index in [4.69, 9.17) is 9.97 Å². The topological polar surface area (TPSA) is 58.1 Å². The Hall–Kier alpha value is -3.57. The predicted octanol–water partition coefficient (Wildman–Crippen LogP) is 5.46. The van der Waals surface area contributed by atoms with E-state index in [1.165, 1.54) is 0 Å². The number of nitrogens with one attached hydrogen (secondary N) is 1. The Morgan fingerprint density at radius 2 is 1.62 bits per heavy atom. The first kappa shape index (κ1) is 21.7. The summed E-state index contributed by atoms with van der Waals surface area (Å²) in [7, 11) is 0. The van der Waals surface area contributed by atoms with E-state index >= 15 is 0 Å². The van der Waals surface area contributed by atoms with E-state index in [0.717, 1.165) is 52.2 Å². The minimum atomic E-state index is -0.0307. The summed E-state index contributed by atoms with van der Waals surface area (Å²) in [5.41, 5.74) is 4.80. The van der Waals surface area contributed by atoms with Crippen LogP contribution in [0.25, 0.3) is 22.2 Å². The van der Waals surface area contributed by atoms with Gasteiger partial charge in [0.05, 0.1) is 24.3 Å². The van der Waals surface area contributed by atoms with Crippen molar-refractivity contribution in [1.82, 2.24) is 14.9 Å². The fraction of sp³-hybridized carbons (Fsp3) is 0.222. The van der Waals surface area contributed by atoms with Crippen molar-refractivity contribution in [2.45, 2.75) is 26.8 Å². The van der Waals surface area contributed by atoms with Crippen molar-refractivity contribution in [3.8, 4) is 11.3 Å². The van der Waals surface area contributed by atoms with Gasteiger partial charge in [0.1, 0.15) is 5.82 Å². The summed E-state index contributed by atoms with van der Waals surface area (Å²) in [6.07, 6.45) is 0.941.